The topological polar surface area (TPSA) is 70.1 Å². The minimum Gasteiger partial charge on any atom is -0.481 e. The third-order valence-corrected chi connectivity index (χ3v) is 5.06. The van der Waals surface area contributed by atoms with Gasteiger partial charge in [-0.25, -0.2) is 0 Å². The summed E-state index contributed by atoms with van der Waals surface area (Å²) < 4.78 is 5.83. The number of halogens is 1. The molecule has 0 spiro atoms. The number of carbonyl (C=O) groups is 2. The summed E-state index contributed by atoms with van der Waals surface area (Å²) in [6.07, 6.45) is 0.978. The van der Waals surface area contributed by atoms with E-state index in [1.807, 2.05) is 18.7 Å². The van der Waals surface area contributed by atoms with E-state index in [1.54, 1.807) is 30.0 Å². The number of likely N-dealkylation sites (tertiary alicyclic amines) is 1. The lowest BCUT2D eigenvalue weighted by Crippen LogP contribution is -2.50. The smallest absolute Gasteiger partial charge is 0.317 e. The van der Waals surface area contributed by atoms with E-state index in [0.717, 1.165) is 18.4 Å². The number of carboxylic acids is 1. The Balaban J connectivity index is 1.89. The third-order valence-electron chi connectivity index (χ3n) is 4.83. The summed E-state index contributed by atoms with van der Waals surface area (Å²) in [5, 5.41) is 9.64. The van der Waals surface area contributed by atoms with Gasteiger partial charge in [-0.1, -0.05) is 18.5 Å². The Labute approximate surface area is 159 Å². The van der Waals surface area contributed by atoms with Crippen LogP contribution in [-0.2, 0) is 9.59 Å². The molecule has 7 heteroatoms. The largest absolute Gasteiger partial charge is 0.481 e. The molecule has 1 aliphatic heterocycles. The number of carboxylic acid groups (broad SMARTS) is 1. The molecule has 1 aliphatic rings. The van der Waals surface area contributed by atoms with Crippen LogP contribution in [0.5, 0.6) is 5.75 Å². The molecule has 0 aliphatic carbocycles. The van der Waals surface area contributed by atoms with E-state index in [-0.39, 0.29) is 18.5 Å². The number of carbonyl (C=O) groups excluding carboxylic acids is 1. The zero-order valence-electron chi connectivity index (χ0n) is 15.6. The fourth-order valence-electron chi connectivity index (χ4n) is 3.37. The second-order valence-corrected chi connectivity index (χ2v) is 7.12. The Morgan fingerprint density at radius 3 is 2.58 bits per heavy atom. The molecule has 0 saturated carbocycles. The standard InChI is InChI=1S/C19H27ClN2O4/c1-4-21(12-18(23)24)16-7-9-22(10-8-16)19(25)14(3)26-17-6-5-15(20)11-13(17)2/h5-6,11,14,16H,4,7-10,12H2,1-3H3,(H,23,24)/t14-/m0/s1. The quantitative estimate of drug-likeness (QED) is 0.785. The highest BCUT2D eigenvalue weighted by atomic mass is 35.5. The molecule has 1 aromatic rings. The second-order valence-electron chi connectivity index (χ2n) is 6.68. The van der Waals surface area contributed by atoms with Crippen molar-refractivity contribution in [2.75, 3.05) is 26.2 Å². The highest BCUT2D eigenvalue weighted by Gasteiger charge is 2.30. The number of piperidine rings is 1. The van der Waals surface area contributed by atoms with Gasteiger partial charge in [0.2, 0.25) is 0 Å². The first-order chi connectivity index (χ1) is 12.3. The average molecular weight is 383 g/mol. The molecule has 6 nitrogen and oxygen atoms in total. The molecular weight excluding hydrogens is 356 g/mol. The summed E-state index contributed by atoms with van der Waals surface area (Å²) in [4.78, 5) is 27.4. The SMILES string of the molecule is CCN(CC(=O)O)C1CCN(C(=O)[C@H](C)Oc2ccc(Cl)cc2C)CC1. The van der Waals surface area contributed by atoms with Crippen molar-refractivity contribution in [3.63, 3.8) is 0 Å². The molecule has 1 amide bonds. The van der Waals surface area contributed by atoms with E-state index >= 15 is 0 Å². The van der Waals surface area contributed by atoms with Crippen LogP contribution in [0.1, 0.15) is 32.3 Å². The lowest BCUT2D eigenvalue weighted by atomic mass is 10.0. The van der Waals surface area contributed by atoms with Crippen LogP contribution in [0.15, 0.2) is 18.2 Å². The summed E-state index contributed by atoms with van der Waals surface area (Å²) in [5.41, 5.74) is 0.892. The van der Waals surface area contributed by atoms with Crippen LogP contribution < -0.4 is 4.74 Å². The number of aryl methyl sites for hydroxylation is 1. The van der Waals surface area contributed by atoms with Crippen LogP contribution in [0.4, 0.5) is 0 Å². The fraction of sp³-hybridized carbons (Fsp3) is 0.579. The Hall–Kier alpha value is -1.79. The number of ether oxygens (including phenoxy) is 1. The highest BCUT2D eigenvalue weighted by Crippen LogP contribution is 2.24. The molecule has 0 unspecified atom stereocenters. The number of aliphatic carboxylic acids is 1. The minimum atomic E-state index is -0.814. The van der Waals surface area contributed by atoms with Gasteiger partial charge in [0.05, 0.1) is 6.54 Å². The van der Waals surface area contributed by atoms with Gasteiger partial charge in [-0.05, 0) is 57.0 Å². The molecule has 1 saturated heterocycles. The van der Waals surface area contributed by atoms with Crippen molar-refractivity contribution in [1.82, 2.24) is 9.80 Å². The number of nitrogens with zero attached hydrogens (tertiary/aromatic N) is 2. The lowest BCUT2D eigenvalue weighted by molar-refractivity contribution is -0.142. The Morgan fingerprint density at radius 2 is 2.04 bits per heavy atom. The van der Waals surface area contributed by atoms with Gasteiger partial charge in [0.25, 0.3) is 5.91 Å². The molecule has 1 heterocycles. The molecule has 1 aromatic carbocycles. The van der Waals surface area contributed by atoms with Gasteiger partial charge in [0, 0.05) is 24.2 Å². The van der Waals surface area contributed by atoms with Crippen molar-refractivity contribution < 1.29 is 19.4 Å². The van der Waals surface area contributed by atoms with E-state index in [2.05, 4.69) is 0 Å². The van der Waals surface area contributed by atoms with E-state index in [0.29, 0.717) is 30.4 Å². The maximum Gasteiger partial charge on any atom is 0.317 e. The Kier molecular flexibility index (Phi) is 7.29. The first kappa shape index (κ1) is 20.5. The van der Waals surface area contributed by atoms with E-state index in [1.165, 1.54) is 0 Å². The molecule has 1 fully saturated rings. The first-order valence-electron chi connectivity index (χ1n) is 8.99. The van der Waals surface area contributed by atoms with Gasteiger partial charge in [0.15, 0.2) is 6.10 Å². The van der Waals surface area contributed by atoms with Crippen LogP contribution in [0.3, 0.4) is 0 Å². The normalized spacial score (nSPS) is 16.6. The number of amides is 1. The van der Waals surface area contributed by atoms with Gasteiger partial charge in [-0.15, -0.1) is 0 Å². The Morgan fingerprint density at radius 1 is 1.38 bits per heavy atom. The zero-order chi connectivity index (χ0) is 19.3. The van der Waals surface area contributed by atoms with E-state index < -0.39 is 12.1 Å². The zero-order valence-corrected chi connectivity index (χ0v) is 16.3. The summed E-state index contributed by atoms with van der Waals surface area (Å²) in [6, 6.07) is 5.53. The summed E-state index contributed by atoms with van der Waals surface area (Å²) in [7, 11) is 0. The van der Waals surface area contributed by atoms with Crippen molar-refractivity contribution in [3.05, 3.63) is 28.8 Å². The van der Waals surface area contributed by atoms with E-state index in [9.17, 15) is 9.59 Å². The third kappa shape index (κ3) is 5.35. The van der Waals surface area contributed by atoms with Crippen LogP contribution in [0.2, 0.25) is 5.02 Å². The minimum absolute atomic E-state index is 0.0425. The second kappa shape index (κ2) is 9.24. The van der Waals surface area contributed by atoms with Crippen LogP contribution in [0, 0.1) is 6.92 Å². The molecule has 1 N–H and O–H groups in total. The Bertz CT molecular complexity index is 644. The van der Waals surface area contributed by atoms with Crippen molar-refractivity contribution in [1.29, 1.82) is 0 Å². The molecule has 0 radical (unpaired) electrons. The molecule has 1 atom stereocenters. The predicted molar refractivity (Wildman–Crippen MR) is 101 cm³/mol. The van der Waals surface area contributed by atoms with Gasteiger partial charge < -0.3 is 14.7 Å². The number of rotatable bonds is 7. The van der Waals surface area contributed by atoms with Gasteiger partial charge in [-0.2, -0.15) is 0 Å². The number of hydrogen-bond donors (Lipinski definition) is 1. The molecule has 2 rings (SSSR count). The average Bonchev–Trinajstić information content (AvgIpc) is 2.61. The maximum atomic E-state index is 12.7. The molecular formula is C19H27ClN2O4. The van der Waals surface area contributed by atoms with Crippen LogP contribution in [-0.4, -0.2) is 65.1 Å². The maximum absolute atomic E-state index is 12.7. The van der Waals surface area contributed by atoms with Gasteiger partial charge in [0.1, 0.15) is 5.75 Å². The lowest BCUT2D eigenvalue weighted by Gasteiger charge is -2.38. The first-order valence-corrected chi connectivity index (χ1v) is 9.37. The van der Waals surface area contributed by atoms with Crippen LogP contribution >= 0.6 is 11.6 Å². The number of hydrogen-bond acceptors (Lipinski definition) is 4. The van der Waals surface area contributed by atoms with Crippen LogP contribution in [0.25, 0.3) is 0 Å². The summed E-state index contributed by atoms with van der Waals surface area (Å²) in [5.74, 6) is -0.200. The van der Waals surface area contributed by atoms with Crippen molar-refractivity contribution in [2.45, 2.75) is 45.8 Å². The van der Waals surface area contributed by atoms with Crippen molar-refractivity contribution in [2.24, 2.45) is 0 Å². The van der Waals surface area contributed by atoms with Gasteiger partial charge >= 0.3 is 5.97 Å². The van der Waals surface area contributed by atoms with Crippen molar-refractivity contribution >= 4 is 23.5 Å². The number of benzene rings is 1. The number of likely N-dealkylation sites (N-methyl/N-ethyl adjacent to an activating group) is 1. The van der Waals surface area contributed by atoms with Gasteiger partial charge in [-0.3, -0.25) is 14.5 Å². The summed E-state index contributed by atoms with van der Waals surface area (Å²) in [6.45, 7) is 7.59. The highest BCUT2D eigenvalue weighted by molar-refractivity contribution is 6.30. The van der Waals surface area contributed by atoms with Crippen molar-refractivity contribution in [3.8, 4) is 5.75 Å². The monoisotopic (exact) mass is 382 g/mol. The molecule has 0 aromatic heterocycles. The van der Waals surface area contributed by atoms with E-state index in [4.69, 9.17) is 21.4 Å². The predicted octanol–water partition coefficient (Wildman–Crippen LogP) is 2.81. The molecule has 26 heavy (non-hydrogen) atoms. The fourth-order valence-corrected chi connectivity index (χ4v) is 3.59. The molecule has 144 valence electrons. The summed E-state index contributed by atoms with van der Waals surface area (Å²) >= 11 is 5.95. The molecule has 0 bridgehead atoms.